The van der Waals surface area contributed by atoms with Crippen LogP contribution in [0, 0.1) is 0 Å². The van der Waals surface area contributed by atoms with E-state index < -0.39 is 7.82 Å². The number of rotatable bonds is 27. The fraction of sp³-hybridized carbons (Fsp3) is 1.00. The predicted octanol–water partition coefficient (Wildman–Crippen LogP) is 6.06. The molecule has 35 heavy (non-hydrogen) atoms. The Balaban J connectivity index is 3.49. The van der Waals surface area contributed by atoms with Gasteiger partial charge in [-0.25, -0.2) is 0 Å². The molecule has 2 unspecified atom stereocenters. The maximum atomic E-state index is 11.9. The summed E-state index contributed by atoms with van der Waals surface area (Å²) in [5, 5.41) is 3.35. The molecular weight excluding hydrogens is 463 g/mol. The molecule has 7 nitrogen and oxygen atoms in total. The predicted molar refractivity (Wildman–Crippen MR) is 146 cm³/mol. The van der Waals surface area contributed by atoms with Gasteiger partial charge in [-0.2, -0.15) is 0 Å². The monoisotopic (exact) mass is 522 g/mol. The highest BCUT2D eigenvalue weighted by Crippen LogP contribution is 2.38. The summed E-state index contributed by atoms with van der Waals surface area (Å²) < 4.78 is 27.8. The Kier molecular flexibility index (Phi) is 23.1. The van der Waals surface area contributed by atoms with Gasteiger partial charge in [0, 0.05) is 13.7 Å². The van der Waals surface area contributed by atoms with Gasteiger partial charge in [0.25, 0.3) is 7.82 Å². The van der Waals surface area contributed by atoms with Crippen LogP contribution in [0.3, 0.4) is 0 Å². The second kappa shape index (κ2) is 23.1. The average molecular weight is 523 g/mol. The van der Waals surface area contributed by atoms with Crippen molar-refractivity contribution in [1.82, 2.24) is 5.32 Å². The summed E-state index contributed by atoms with van der Waals surface area (Å²) in [6.07, 6.45) is 21.5. The van der Waals surface area contributed by atoms with Crippen LogP contribution in [0.15, 0.2) is 0 Å². The smallest absolute Gasteiger partial charge is 0.268 e. The molecule has 0 aliphatic heterocycles. The number of likely N-dealkylation sites (N-methyl/N-ethyl adjacent to an activating group) is 1. The topological polar surface area (TPSA) is 79.9 Å². The van der Waals surface area contributed by atoms with E-state index in [1.54, 1.807) is 7.11 Å². The van der Waals surface area contributed by atoms with Gasteiger partial charge in [0.15, 0.2) is 0 Å². The molecule has 0 radical (unpaired) electrons. The van der Waals surface area contributed by atoms with Gasteiger partial charge in [-0.15, -0.1) is 0 Å². The van der Waals surface area contributed by atoms with Crippen LogP contribution in [0.1, 0.15) is 110 Å². The summed E-state index contributed by atoms with van der Waals surface area (Å²) in [7, 11) is 3.21. The van der Waals surface area contributed by atoms with E-state index in [0.717, 1.165) is 13.0 Å². The molecule has 0 aliphatic carbocycles. The fourth-order valence-corrected chi connectivity index (χ4v) is 4.64. The molecule has 212 valence electrons. The van der Waals surface area contributed by atoms with Crippen LogP contribution >= 0.6 is 7.82 Å². The normalized spacial score (nSPS) is 14.8. The van der Waals surface area contributed by atoms with Gasteiger partial charge < -0.3 is 28.5 Å². The molecule has 0 spiro atoms. The largest absolute Gasteiger partial charge is 0.756 e. The Morgan fingerprint density at radius 3 is 1.66 bits per heavy atom. The molecule has 0 fully saturated rings. The van der Waals surface area contributed by atoms with E-state index in [-0.39, 0.29) is 19.3 Å². The molecule has 0 amide bonds. The summed E-state index contributed by atoms with van der Waals surface area (Å²) in [6, 6.07) is 0. The number of phosphoric acid groups is 1. The van der Waals surface area contributed by atoms with E-state index in [4.69, 9.17) is 13.8 Å². The van der Waals surface area contributed by atoms with Gasteiger partial charge >= 0.3 is 0 Å². The van der Waals surface area contributed by atoms with Crippen molar-refractivity contribution in [1.29, 1.82) is 0 Å². The number of quaternary nitrogens is 1. The van der Waals surface area contributed by atoms with Gasteiger partial charge in [-0.3, -0.25) is 4.57 Å². The molecule has 0 aromatic carbocycles. The van der Waals surface area contributed by atoms with Gasteiger partial charge in [-0.1, -0.05) is 103 Å². The van der Waals surface area contributed by atoms with Crippen molar-refractivity contribution in [3.8, 4) is 0 Å². The Labute approximate surface area is 217 Å². The minimum Gasteiger partial charge on any atom is -0.756 e. The molecular formula is C27H59N2O5P. The van der Waals surface area contributed by atoms with Gasteiger partial charge in [0.1, 0.15) is 13.2 Å². The van der Waals surface area contributed by atoms with E-state index in [1.807, 2.05) is 21.1 Å². The Hall–Kier alpha value is -0.0100. The third-order valence-corrected chi connectivity index (χ3v) is 7.31. The lowest BCUT2D eigenvalue weighted by molar-refractivity contribution is -0.870. The number of ether oxygens (including phenoxy) is 1. The van der Waals surface area contributed by atoms with Crippen LogP contribution in [-0.2, 0) is 18.3 Å². The zero-order valence-corrected chi connectivity index (χ0v) is 24.8. The van der Waals surface area contributed by atoms with Crippen molar-refractivity contribution in [3.63, 3.8) is 0 Å². The fourth-order valence-electron chi connectivity index (χ4n) is 3.91. The summed E-state index contributed by atoms with van der Waals surface area (Å²) in [4.78, 5) is 11.9. The molecule has 0 heterocycles. The Bertz CT molecular complexity index is 502. The van der Waals surface area contributed by atoms with Crippen molar-refractivity contribution in [2.24, 2.45) is 0 Å². The lowest BCUT2D eigenvalue weighted by Crippen LogP contribution is -2.37. The molecule has 0 rings (SSSR count). The van der Waals surface area contributed by atoms with E-state index in [2.05, 4.69) is 12.2 Å². The van der Waals surface area contributed by atoms with Gasteiger partial charge in [-0.05, 0) is 13.0 Å². The highest BCUT2D eigenvalue weighted by Gasteiger charge is 2.16. The van der Waals surface area contributed by atoms with Crippen molar-refractivity contribution in [2.45, 2.75) is 116 Å². The summed E-state index contributed by atoms with van der Waals surface area (Å²) in [5.41, 5.74) is 0. The first-order valence-electron chi connectivity index (χ1n) is 14.3. The van der Waals surface area contributed by atoms with E-state index in [1.165, 1.54) is 96.3 Å². The lowest BCUT2D eigenvalue weighted by Gasteiger charge is -2.28. The molecule has 0 saturated carbocycles. The quantitative estimate of drug-likeness (QED) is 0.0802. The maximum Gasteiger partial charge on any atom is 0.268 e. The third kappa shape index (κ3) is 26.9. The highest BCUT2D eigenvalue weighted by atomic mass is 31.2. The Morgan fingerprint density at radius 2 is 1.23 bits per heavy atom. The third-order valence-electron chi connectivity index (χ3n) is 6.34. The van der Waals surface area contributed by atoms with Crippen LogP contribution in [0.2, 0.25) is 0 Å². The minimum absolute atomic E-state index is 0.0341. The number of nitrogens with one attached hydrogen (secondary N) is 1. The van der Waals surface area contributed by atoms with Crippen LogP contribution in [0.5, 0.6) is 0 Å². The first kappa shape index (κ1) is 35.0. The van der Waals surface area contributed by atoms with Crippen molar-refractivity contribution in [3.05, 3.63) is 0 Å². The zero-order chi connectivity index (χ0) is 26.3. The number of unbranched alkanes of at least 4 members (excludes halogenated alkanes) is 15. The van der Waals surface area contributed by atoms with Crippen molar-refractivity contribution < 1.29 is 27.7 Å². The lowest BCUT2D eigenvalue weighted by atomic mass is 10.0. The molecule has 0 aliphatic rings. The maximum absolute atomic E-state index is 11.9. The molecule has 0 saturated heterocycles. The van der Waals surface area contributed by atoms with Crippen LogP contribution < -0.4 is 10.2 Å². The first-order valence-corrected chi connectivity index (χ1v) is 15.8. The van der Waals surface area contributed by atoms with E-state index >= 15 is 0 Å². The molecule has 2 atom stereocenters. The van der Waals surface area contributed by atoms with E-state index in [9.17, 15) is 9.46 Å². The zero-order valence-electron chi connectivity index (χ0n) is 23.9. The highest BCUT2D eigenvalue weighted by molar-refractivity contribution is 7.45. The molecule has 0 bridgehead atoms. The van der Waals surface area contributed by atoms with E-state index in [0.29, 0.717) is 17.6 Å². The number of nitrogens with zero attached hydrogens (tertiary/aromatic N) is 1. The van der Waals surface area contributed by atoms with Gasteiger partial charge in [0.2, 0.25) is 0 Å². The summed E-state index contributed by atoms with van der Waals surface area (Å²) in [5.74, 6) is 0. The molecule has 0 aromatic heterocycles. The number of phosphoric ester groups is 1. The first-order chi connectivity index (χ1) is 16.7. The molecule has 1 N–H and O–H groups in total. The SMILES string of the molecule is CCCCCCCCCCCCCCCCCCNCC(COP(=O)([O-])OCC[N+](C)(C)C)OC. The second-order valence-electron chi connectivity index (χ2n) is 11.0. The standard InChI is InChI=1S/C27H59N2O5P/c1-6-7-8-9-10-11-12-13-14-15-16-17-18-19-20-21-22-28-25-27(32-5)26-34-35(30,31)33-24-23-29(2,3)4/h27-28H,6-26H2,1-5H3. The summed E-state index contributed by atoms with van der Waals surface area (Å²) >= 11 is 0. The summed E-state index contributed by atoms with van der Waals surface area (Å²) in [6.45, 7) is 4.42. The second-order valence-corrected chi connectivity index (χ2v) is 12.4. The average Bonchev–Trinajstić information content (AvgIpc) is 2.79. The number of hydrogen-bond donors (Lipinski definition) is 1. The van der Waals surface area contributed by atoms with Crippen LogP contribution in [0.4, 0.5) is 0 Å². The van der Waals surface area contributed by atoms with Crippen molar-refractivity contribution >= 4 is 7.82 Å². The minimum atomic E-state index is -4.29. The van der Waals surface area contributed by atoms with Crippen LogP contribution in [0.25, 0.3) is 0 Å². The molecule has 8 heteroatoms. The number of methoxy groups -OCH3 is 1. The van der Waals surface area contributed by atoms with Crippen LogP contribution in [-0.4, -0.2) is 71.7 Å². The van der Waals surface area contributed by atoms with Crippen molar-refractivity contribution in [2.75, 3.05) is 61.1 Å². The molecule has 0 aromatic rings. The Morgan fingerprint density at radius 1 is 0.771 bits per heavy atom. The number of hydrogen-bond acceptors (Lipinski definition) is 6. The van der Waals surface area contributed by atoms with Gasteiger partial charge in [0.05, 0.1) is 33.9 Å².